The molecule has 0 amide bonds. The maximum atomic E-state index is 11.1. The normalized spacial score (nSPS) is 30.7. The zero-order chi connectivity index (χ0) is 8.27. The van der Waals surface area contributed by atoms with E-state index < -0.39 is 0 Å². The lowest BCUT2D eigenvalue weighted by Crippen LogP contribution is -2.14. The Morgan fingerprint density at radius 2 is 2.36 bits per heavy atom. The fourth-order valence-electron chi connectivity index (χ4n) is 1.56. The van der Waals surface area contributed by atoms with Crippen molar-refractivity contribution >= 4 is 17.4 Å². The van der Waals surface area contributed by atoms with Crippen LogP contribution in [0.3, 0.4) is 0 Å². The van der Waals surface area contributed by atoms with Crippen molar-refractivity contribution in [2.45, 2.75) is 25.4 Å². The number of carbonyl (C=O) groups excluding carboxylic acids is 1. The van der Waals surface area contributed by atoms with Crippen LogP contribution in [0.1, 0.15) is 19.3 Å². The van der Waals surface area contributed by atoms with Crippen molar-refractivity contribution < 1.29 is 9.53 Å². The Morgan fingerprint density at radius 1 is 1.64 bits per heavy atom. The maximum Gasteiger partial charge on any atom is 0.150 e. The van der Waals surface area contributed by atoms with Gasteiger partial charge in [0.25, 0.3) is 0 Å². The summed E-state index contributed by atoms with van der Waals surface area (Å²) in [6.07, 6.45) is 3.10. The number of ketones is 1. The van der Waals surface area contributed by atoms with Gasteiger partial charge in [-0.15, -0.1) is 11.6 Å². The minimum Gasteiger partial charge on any atom is -0.381 e. The number of halogens is 1. The summed E-state index contributed by atoms with van der Waals surface area (Å²) in [6.45, 7) is 0. The third-order valence-electron chi connectivity index (χ3n) is 2.30. The number of hydrogen-bond donors (Lipinski definition) is 0. The largest absolute Gasteiger partial charge is 0.381 e. The van der Waals surface area contributed by atoms with E-state index in [2.05, 4.69) is 0 Å². The summed E-state index contributed by atoms with van der Waals surface area (Å²) in [7, 11) is 1.69. The lowest BCUT2D eigenvalue weighted by Gasteiger charge is -2.06. The van der Waals surface area contributed by atoms with E-state index in [-0.39, 0.29) is 23.7 Å². The lowest BCUT2D eigenvalue weighted by molar-refractivity contribution is -0.120. The summed E-state index contributed by atoms with van der Waals surface area (Å²) in [6, 6.07) is 0. The maximum absolute atomic E-state index is 11.1. The van der Waals surface area contributed by atoms with Crippen LogP contribution in [0.5, 0.6) is 0 Å². The van der Waals surface area contributed by atoms with Gasteiger partial charge < -0.3 is 4.74 Å². The van der Waals surface area contributed by atoms with Crippen molar-refractivity contribution in [3.8, 4) is 0 Å². The fraction of sp³-hybridized carbons (Fsp3) is 0.875. The average molecular weight is 177 g/mol. The Balaban J connectivity index is 2.35. The molecule has 0 heterocycles. The molecule has 0 radical (unpaired) electrons. The molecule has 64 valence electrons. The van der Waals surface area contributed by atoms with E-state index in [0.717, 1.165) is 19.3 Å². The standard InChI is InChI=1S/C8H13ClO2/c1-11-7-3-2-6(4-7)8(10)5-9/h6-7H,2-5H2,1H3. The minimum absolute atomic E-state index is 0.154. The van der Waals surface area contributed by atoms with Crippen LogP contribution in [0.4, 0.5) is 0 Å². The molecular weight excluding hydrogens is 164 g/mol. The monoisotopic (exact) mass is 176 g/mol. The van der Waals surface area contributed by atoms with E-state index in [9.17, 15) is 4.79 Å². The van der Waals surface area contributed by atoms with E-state index in [1.807, 2.05) is 0 Å². The van der Waals surface area contributed by atoms with Crippen molar-refractivity contribution in [1.29, 1.82) is 0 Å². The topological polar surface area (TPSA) is 26.3 Å². The Morgan fingerprint density at radius 3 is 2.82 bits per heavy atom. The number of alkyl halides is 1. The Kier molecular flexibility index (Phi) is 3.34. The molecule has 0 aliphatic heterocycles. The quantitative estimate of drug-likeness (QED) is 0.611. The van der Waals surface area contributed by atoms with Crippen LogP contribution in [0.25, 0.3) is 0 Å². The Bertz CT molecular complexity index is 147. The number of Topliss-reactive ketones (excluding diaryl/α,β-unsaturated/α-hetero) is 1. The third kappa shape index (κ3) is 2.17. The van der Waals surface area contributed by atoms with Gasteiger partial charge in [0.1, 0.15) is 0 Å². The second-order valence-corrected chi connectivity index (χ2v) is 3.23. The first-order chi connectivity index (χ1) is 5.27. The van der Waals surface area contributed by atoms with Gasteiger partial charge in [-0.1, -0.05) is 0 Å². The van der Waals surface area contributed by atoms with E-state index in [1.165, 1.54) is 0 Å². The van der Waals surface area contributed by atoms with E-state index in [0.29, 0.717) is 0 Å². The highest BCUT2D eigenvalue weighted by molar-refractivity contribution is 6.27. The molecule has 1 saturated carbocycles. The highest BCUT2D eigenvalue weighted by Gasteiger charge is 2.28. The zero-order valence-electron chi connectivity index (χ0n) is 6.68. The van der Waals surface area contributed by atoms with Crippen molar-refractivity contribution in [1.82, 2.24) is 0 Å². The van der Waals surface area contributed by atoms with Gasteiger partial charge in [0.15, 0.2) is 5.78 Å². The van der Waals surface area contributed by atoms with Gasteiger partial charge in [-0.2, -0.15) is 0 Å². The molecule has 0 N–H and O–H groups in total. The second kappa shape index (κ2) is 4.07. The molecule has 0 aromatic heterocycles. The molecular formula is C8H13ClO2. The van der Waals surface area contributed by atoms with Crippen LogP contribution in [-0.4, -0.2) is 24.9 Å². The highest BCUT2D eigenvalue weighted by Crippen LogP contribution is 2.28. The molecule has 2 atom stereocenters. The van der Waals surface area contributed by atoms with Gasteiger partial charge in [-0.05, 0) is 19.3 Å². The van der Waals surface area contributed by atoms with E-state index in [4.69, 9.17) is 16.3 Å². The van der Waals surface area contributed by atoms with Gasteiger partial charge in [0.2, 0.25) is 0 Å². The van der Waals surface area contributed by atoms with Crippen LogP contribution >= 0.6 is 11.6 Å². The van der Waals surface area contributed by atoms with Crippen LogP contribution in [0.15, 0.2) is 0 Å². The number of hydrogen-bond acceptors (Lipinski definition) is 2. The minimum atomic E-state index is 0.154. The first-order valence-corrected chi connectivity index (χ1v) is 4.43. The SMILES string of the molecule is COC1CCC(C(=O)CCl)C1. The lowest BCUT2D eigenvalue weighted by atomic mass is 10.0. The first-order valence-electron chi connectivity index (χ1n) is 3.89. The number of ether oxygens (including phenoxy) is 1. The summed E-state index contributed by atoms with van der Waals surface area (Å²) in [4.78, 5) is 11.1. The van der Waals surface area contributed by atoms with Gasteiger partial charge in [0.05, 0.1) is 12.0 Å². The predicted octanol–water partition coefficient (Wildman–Crippen LogP) is 1.61. The predicted molar refractivity (Wildman–Crippen MR) is 43.9 cm³/mol. The molecule has 0 spiro atoms. The molecule has 2 unspecified atom stereocenters. The molecule has 1 aliphatic carbocycles. The summed E-state index contributed by atoms with van der Waals surface area (Å²) < 4.78 is 5.14. The molecule has 2 nitrogen and oxygen atoms in total. The van der Waals surface area contributed by atoms with Gasteiger partial charge in [-0.25, -0.2) is 0 Å². The third-order valence-corrected chi connectivity index (χ3v) is 2.57. The smallest absolute Gasteiger partial charge is 0.150 e. The number of rotatable bonds is 3. The van der Waals surface area contributed by atoms with Crippen molar-refractivity contribution in [2.24, 2.45) is 5.92 Å². The molecule has 0 aromatic rings. The Hall–Kier alpha value is -0.0800. The first kappa shape index (κ1) is 9.01. The molecule has 1 fully saturated rings. The van der Waals surface area contributed by atoms with Crippen LogP contribution < -0.4 is 0 Å². The molecule has 1 aliphatic rings. The summed E-state index contributed by atoms with van der Waals surface area (Å²) in [5.41, 5.74) is 0. The zero-order valence-corrected chi connectivity index (χ0v) is 7.43. The van der Waals surface area contributed by atoms with Gasteiger partial charge >= 0.3 is 0 Å². The Labute approximate surface area is 71.9 Å². The van der Waals surface area contributed by atoms with E-state index in [1.54, 1.807) is 7.11 Å². The fourth-order valence-corrected chi connectivity index (χ4v) is 1.77. The molecule has 0 bridgehead atoms. The molecule has 1 rings (SSSR count). The van der Waals surface area contributed by atoms with Gasteiger partial charge in [-0.3, -0.25) is 4.79 Å². The van der Waals surface area contributed by atoms with Crippen LogP contribution in [0.2, 0.25) is 0 Å². The molecule has 3 heteroatoms. The average Bonchev–Trinajstić information content (AvgIpc) is 2.50. The molecule has 0 saturated heterocycles. The van der Waals surface area contributed by atoms with Crippen molar-refractivity contribution in [3.63, 3.8) is 0 Å². The van der Waals surface area contributed by atoms with Crippen LogP contribution in [-0.2, 0) is 9.53 Å². The summed E-state index contributed by atoms with van der Waals surface area (Å²) in [5, 5.41) is 0. The number of carbonyl (C=O) groups is 1. The second-order valence-electron chi connectivity index (χ2n) is 2.97. The number of methoxy groups -OCH3 is 1. The summed E-state index contributed by atoms with van der Waals surface area (Å²) >= 11 is 5.43. The van der Waals surface area contributed by atoms with Crippen LogP contribution in [0, 0.1) is 5.92 Å². The van der Waals surface area contributed by atoms with E-state index >= 15 is 0 Å². The molecule has 0 aromatic carbocycles. The summed E-state index contributed by atoms with van der Waals surface area (Å²) in [5.74, 6) is 0.491. The molecule has 11 heavy (non-hydrogen) atoms. The van der Waals surface area contributed by atoms with Gasteiger partial charge in [0, 0.05) is 13.0 Å². The highest BCUT2D eigenvalue weighted by atomic mass is 35.5. The van der Waals surface area contributed by atoms with Crippen molar-refractivity contribution in [2.75, 3.05) is 13.0 Å². The van der Waals surface area contributed by atoms with Crippen molar-refractivity contribution in [3.05, 3.63) is 0 Å².